The third-order valence-corrected chi connectivity index (χ3v) is 6.81. The van der Waals surface area contributed by atoms with Gasteiger partial charge in [-0.2, -0.15) is 9.40 Å². The molecule has 6 nitrogen and oxygen atoms in total. The Kier molecular flexibility index (Phi) is 4.16. The standard InChI is InChI=1S/C14H17N3O3S2/c1-10-3-5-13(16-15-10)20-12-7-8-17(9-12)22(18,19)14-6-4-11(2)21-14/h3-6,12H,7-9H2,1-2H3. The van der Waals surface area contributed by atoms with Crippen LogP contribution in [-0.4, -0.2) is 42.1 Å². The van der Waals surface area contributed by atoms with E-state index in [2.05, 4.69) is 10.2 Å². The van der Waals surface area contributed by atoms with Crippen molar-refractivity contribution in [2.75, 3.05) is 13.1 Å². The fourth-order valence-corrected chi connectivity index (χ4v) is 5.23. The van der Waals surface area contributed by atoms with E-state index in [0.29, 0.717) is 29.6 Å². The monoisotopic (exact) mass is 339 g/mol. The molecule has 1 fully saturated rings. The molecule has 1 saturated heterocycles. The Morgan fingerprint density at radius 3 is 2.68 bits per heavy atom. The second-order valence-corrected chi connectivity index (χ2v) is 8.72. The first-order chi connectivity index (χ1) is 10.4. The summed E-state index contributed by atoms with van der Waals surface area (Å²) in [6.07, 6.45) is 0.465. The maximum Gasteiger partial charge on any atom is 0.252 e. The first-order valence-electron chi connectivity index (χ1n) is 6.99. The van der Waals surface area contributed by atoms with E-state index in [4.69, 9.17) is 4.74 Å². The van der Waals surface area contributed by atoms with Crippen molar-refractivity contribution < 1.29 is 13.2 Å². The highest BCUT2D eigenvalue weighted by atomic mass is 32.2. The van der Waals surface area contributed by atoms with Crippen LogP contribution in [0.4, 0.5) is 0 Å². The zero-order valence-electron chi connectivity index (χ0n) is 12.4. The molecule has 22 heavy (non-hydrogen) atoms. The highest BCUT2D eigenvalue weighted by Crippen LogP contribution is 2.27. The van der Waals surface area contributed by atoms with Gasteiger partial charge in [-0.15, -0.1) is 16.4 Å². The van der Waals surface area contributed by atoms with Crippen molar-refractivity contribution in [2.24, 2.45) is 0 Å². The first kappa shape index (κ1) is 15.4. The van der Waals surface area contributed by atoms with Gasteiger partial charge in [-0.3, -0.25) is 0 Å². The number of hydrogen-bond donors (Lipinski definition) is 0. The second-order valence-electron chi connectivity index (χ2n) is 5.27. The molecule has 0 bridgehead atoms. The predicted molar refractivity (Wildman–Crippen MR) is 83.6 cm³/mol. The highest BCUT2D eigenvalue weighted by Gasteiger charge is 2.34. The summed E-state index contributed by atoms with van der Waals surface area (Å²) in [4.78, 5) is 0.987. The van der Waals surface area contributed by atoms with Gasteiger partial charge >= 0.3 is 0 Å². The molecule has 3 heterocycles. The molecule has 1 aliphatic rings. The summed E-state index contributed by atoms with van der Waals surface area (Å²) in [6.45, 7) is 4.55. The third kappa shape index (κ3) is 3.13. The van der Waals surface area contributed by atoms with Gasteiger partial charge in [0.15, 0.2) is 0 Å². The number of nitrogens with zero attached hydrogens (tertiary/aromatic N) is 3. The summed E-state index contributed by atoms with van der Waals surface area (Å²) in [7, 11) is -3.41. The molecular formula is C14H17N3O3S2. The molecule has 0 amide bonds. The zero-order valence-corrected chi connectivity index (χ0v) is 14.0. The van der Waals surface area contributed by atoms with Crippen LogP contribution in [0.1, 0.15) is 17.0 Å². The quantitative estimate of drug-likeness (QED) is 0.852. The number of rotatable bonds is 4. The highest BCUT2D eigenvalue weighted by molar-refractivity contribution is 7.91. The van der Waals surface area contributed by atoms with Gasteiger partial charge in [-0.05, 0) is 38.5 Å². The van der Waals surface area contributed by atoms with Gasteiger partial charge in [0.1, 0.15) is 10.3 Å². The minimum atomic E-state index is -3.41. The maximum atomic E-state index is 12.5. The summed E-state index contributed by atoms with van der Waals surface area (Å²) in [5.41, 5.74) is 0.816. The van der Waals surface area contributed by atoms with Crippen LogP contribution >= 0.6 is 11.3 Å². The zero-order chi connectivity index (χ0) is 15.7. The van der Waals surface area contributed by atoms with Gasteiger partial charge in [-0.1, -0.05) is 0 Å². The third-order valence-electron chi connectivity index (χ3n) is 3.48. The van der Waals surface area contributed by atoms with Crippen LogP contribution in [0.2, 0.25) is 0 Å². The van der Waals surface area contributed by atoms with Gasteiger partial charge in [-0.25, -0.2) is 8.42 Å². The van der Waals surface area contributed by atoms with Crippen LogP contribution in [0.15, 0.2) is 28.5 Å². The summed E-state index contributed by atoms with van der Waals surface area (Å²) in [5, 5.41) is 7.89. The Bertz CT molecular complexity index is 756. The fraction of sp³-hybridized carbons (Fsp3) is 0.429. The molecule has 0 spiro atoms. The van der Waals surface area contributed by atoms with Crippen molar-refractivity contribution in [3.63, 3.8) is 0 Å². The Labute approximate surface area is 133 Å². The van der Waals surface area contributed by atoms with Gasteiger partial charge in [0, 0.05) is 17.5 Å². The van der Waals surface area contributed by atoms with Crippen LogP contribution in [-0.2, 0) is 10.0 Å². The maximum absolute atomic E-state index is 12.5. The Balaban J connectivity index is 1.68. The van der Waals surface area contributed by atoms with Crippen molar-refractivity contribution in [3.8, 4) is 5.88 Å². The van der Waals surface area contributed by atoms with Gasteiger partial charge in [0.2, 0.25) is 5.88 Å². The number of thiophene rings is 1. The van der Waals surface area contributed by atoms with Crippen LogP contribution in [0.3, 0.4) is 0 Å². The second kappa shape index (κ2) is 5.94. The van der Waals surface area contributed by atoms with Crippen molar-refractivity contribution in [1.82, 2.24) is 14.5 Å². The molecule has 3 rings (SSSR count). The SMILES string of the molecule is Cc1ccc(OC2CCN(S(=O)(=O)c3ccc(C)s3)C2)nn1. The summed E-state index contributed by atoms with van der Waals surface area (Å²) >= 11 is 1.30. The van der Waals surface area contributed by atoms with Crippen molar-refractivity contribution in [1.29, 1.82) is 0 Å². The molecule has 0 aromatic carbocycles. The van der Waals surface area contributed by atoms with E-state index >= 15 is 0 Å². The lowest BCUT2D eigenvalue weighted by Crippen LogP contribution is -2.30. The lowest BCUT2D eigenvalue weighted by molar-refractivity contribution is 0.204. The van der Waals surface area contributed by atoms with E-state index in [1.807, 2.05) is 26.0 Å². The molecule has 0 aliphatic carbocycles. The molecule has 1 atom stereocenters. The molecule has 1 aliphatic heterocycles. The van der Waals surface area contributed by atoms with E-state index in [9.17, 15) is 8.42 Å². The molecule has 0 saturated carbocycles. The van der Waals surface area contributed by atoms with Crippen LogP contribution in [0.25, 0.3) is 0 Å². The molecule has 2 aromatic rings. The number of hydrogen-bond acceptors (Lipinski definition) is 6. The van der Waals surface area contributed by atoms with Gasteiger partial charge in [0.05, 0.1) is 12.2 Å². The first-order valence-corrected chi connectivity index (χ1v) is 9.24. The number of aromatic nitrogens is 2. The minimum Gasteiger partial charge on any atom is -0.472 e. The smallest absolute Gasteiger partial charge is 0.252 e. The fourth-order valence-electron chi connectivity index (χ4n) is 2.31. The molecule has 8 heteroatoms. The molecule has 0 N–H and O–H groups in total. The number of ether oxygens (including phenoxy) is 1. The van der Waals surface area contributed by atoms with Crippen molar-refractivity contribution >= 4 is 21.4 Å². The van der Waals surface area contributed by atoms with Crippen molar-refractivity contribution in [2.45, 2.75) is 30.6 Å². The lowest BCUT2D eigenvalue weighted by atomic mass is 10.3. The Morgan fingerprint density at radius 2 is 2.05 bits per heavy atom. The molecular weight excluding hydrogens is 322 g/mol. The molecule has 0 radical (unpaired) electrons. The van der Waals surface area contributed by atoms with E-state index in [1.165, 1.54) is 15.6 Å². The van der Waals surface area contributed by atoms with Crippen molar-refractivity contribution in [3.05, 3.63) is 34.8 Å². The van der Waals surface area contributed by atoms with E-state index in [0.717, 1.165) is 10.6 Å². The normalized spacial score (nSPS) is 19.5. The average molecular weight is 339 g/mol. The molecule has 118 valence electrons. The van der Waals surface area contributed by atoms with Crippen LogP contribution in [0, 0.1) is 13.8 Å². The van der Waals surface area contributed by atoms with Gasteiger partial charge < -0.3 is 4.74 Å². The summed E-state index contributed by atoms with van der Waals surface area (Å²) < 4.78 is 32.7. The Morgan fingerprint density at radius 1 is 1.23 bits per heavy atom. The number of aryl methyl sites for hydroxylation is 2. The van der Waals surface area contributed by atoms with Crippen LogP contribution < -0.4 is 4.74 Å². The van der Waals surface area contributed by atoms with E-state index < -0.39 is 10.0 Å². The summed E-state index contributed by atoms with van der Waals surface area (Å²) in [5.74, 6) is 0.432. The molecule has 2 aromatic heterocycles. The molecule has 1 unspecified atom stereocenters. The van der Waals surface area contributed by atoms with Crippen LogP contribution in [0.5, 0.6) is 5.88 Å². The largest absolute Gasteiger partial charge is 0.472 e. The predicted octanol–water partition coefficient (Wildman–Crippen LogP) is 2.00. The van der Waals surface area contributed by atoms with E-state index in [-0.39, 0.29) is 6.10 Å². The van der Waals surface area contributed by atoms with E-state index in [1.54, 1.807) is 12.1 Å². The number of sulfonamides is 1. The summed E-state index contributed by atoms with van der Waals surface area (Å²) in [6, 6.07) is 7.06. The lowest BCUT2D eigenvalue weighted by Gasteiger charge is -2.15. The topological polar surface area (TPSA) is 72.4 Å². The Hall–Kier alpha value is -1.51. The average Bonchev–Trinajstić information content (AvgIpc) is 3.11. The van der Waals surface area contributed by atoms with Gasteiger partial charge in [0.25, 0.3) is 10.0 Å². The minimum absolute atomic E-state index is 0.187.